The van der Waals surface area contributed by atoms with Gasteiger partial charge >= 0.3 is 0 Å². The van der Waals surface area contributed by atoms with Crippen LogP contribution in [0.15, 0.2) is 41.9 Å². The lowest BCUT2D eigenvalue weighted by Gasteiger charge is -2.34. The molecule has 1 amide bonds. The first-order chi connectivity index (χ1) is 14.5. The van der Waals surface area contributed by atoms with Crippen molar-refractivity contribution >= 4 is 34.3 Å². The molecule has 0 spiro atoms. The van der Waals surface area contributed by atoms with Crippen LogP contribution in [0.2, 0.25) is 0 Å². The molecule has 7 nitrogen and oxygen atoms in total. The minimum atomic E-state index is -0.247. The molecule has 2 aromatic heterocycles. The summed E-state index contributed by atoms with van der Waals surface area (Å²) in [4.78, 5) is 24.0. The Bertz CT molecular complexity index is 1040. The first-order valence-corrected chi connectivity index (χ1v) is 11.0. The highest BCUT2D eigenvalue weighted by molar-refractivity contribution is 7.13. The van der Waals surface area contributed by atoms with Crippen molar-refractivity contribution in [3.8, 4) is 10.6 Å². The van der Waals surface area contributed by atoms with E-state index in [-0.39, 0.29) is 5.91 Å². The molecule has 30 heavy (non-hydrogen) atoms. The summed E-state index contributed by atoms with van der Waals surface area (Å²) in [5.41, 5.74) is 16.3. The average molecular weight is 423 g/mol. The fourth-order valence-electron chi connectivity index (χ4n) is 3.74. The zero-order valence-corrected chi connectivity index (χ0v) is 17.8. The lowest BCUT2D eigenvalue weighted by molar-refractivity contribution is 0.102. The predicted octanol–water partition coefficient (Wildman–Crippen LogP) is 3.52. The molecule has 1 aromatic carbocycles. The van der Waals surface area contributed by atoms with Gasteiger partial charge in [0.05, 0.1) is 11.4 Å². The Morgan fingerprint density at radius 1 is 1.30 bits per heavy atom. The molecule has 0 unspecified atom stereocenters. The van der Waals surface area contributed by atoms with E-state index in [1.165, 1.54) is 11.3 Å². The van der Waals surface area contributed by atoms with Crippen molar-refractivity contribution in [2.75, 3.05) is 35.6 Å². The number of anilines is 3. The third kappa shape index (κ3) is 4.29. The maximum atomic E-state index is 12.9. The number of nitrogens with two attached hydrogens (primary N) is 2. The molecule has 0 atom stereocenters. The van der Waals surface area contributed by atoms with E-state index < -0.39 is 0 Å². The number of carbonyl (C=O) groups is 1. The summed E-state index contributed by atoms with van der Waals surface area (Å²) in [5.74, 6) is 0.320. The molecule has 1 saturated heterocycles. The summed E-state index contributed by atoms with van der Waals surface area (Å²) in [6, 6.07) is 9.48. The van der Waals surface area contributed by atoms with E-state index in [4.69, 9.17) is 11.5 Å². The fourth-order valence-corrected chi connectivity index (χ4v) is 4.61. The van der Waals surface area contributed by atoms with E-state index in [0.29, 0.717) is 23.0 Å². The number of aryl methyl sites for hydroxylation is 1. The molecule has 8 heteroatoms. The van der Waals surface area contributed by atoms with E-state index in [0.717, 1.165) is 54.4 Å². The number of piperidine rings is 1. The predicted molar refractivity (Wildman–Crippen MR) is 123 cm³/mol. The number of amides is 1. The first kappa shape index (κ1) is 20.3. The standard InChI is InChI=1S/C22H26N6OS/c1-14-17(3-2-8-25-14)22-27-19(13-30-22)21(29)26-18-11-16(24)4-5-20(18)28-9-6-15(12-23)7-10-28/h2-5,8,11,13,15H,6-7,9-10,12,23-24H2,1H3,(H,26,29). The number of nitrogens with zero attached hydrogens (tertiary/aromatic N) is 3. The summed E-state index contributed by atoms with van der Waals surface area (Å²) < 4.78 is 0. The van der Waals surface area contributed by atoms with Crippen LogP contribution in [0.5, 0.6) is 0 Å². The van der Waals surface area contributed by atoms with Crippen LogP contribution in [-0.4, -0.2) is 35.5 Å². The van der Waals surface area contributed by atoms with Crippen molar-refractivity contribution in [1.29, 1.82) is 0 Å². The Kier molecular flexibility index (Phi) is 5.96. The zero-order valence-electron chi connectivity index (χ0n) is 17.0. The molecular formula is C22H26N6OS. The van der Waals surface area contributed by atoms with E-state index in [1.54, 1.807) is 17.6 Å². The van der Waals surface area contributed by atoms with E-state index in [2.05, 4.69) is 20.2 Å². The molecule has 0 bridgehead atoms. The van der Waals surface area contributed by atoms with Gasteiger partial charge in [0.2, 0.25) is 0 Å². The smallest absolute Gasteiger partial charge is 0.275 e. The van der Waals surface area contributed by atoms with Crippen LogP contribution in [0.1, 0.15) is 29.0 Å². The number of hydrogen-bond acceptors (Lipinski definition) is 7. The number of thiazole rings is 1. The van der Waals surface area contributed by atoms with Crippen LogP contribution in [-0.2, 0) is 0 Å². The number of benzene rings is 1. The topological polar surface area (TPSA) is 110 Å². The molecule has 4 rings (SSSR count). The van der Waals surface area contributed by atoms with Gasteiger partial charge < -0.3 is 21.7 Å². The quantitative estimate of drug-likeness (QED) is 0.543. The van der Waals surface area contributed by atoms with Crippen LogP contribution in [0.4, 0.5) is 17.1 Å². The fraction of sp³-hybridized carbons (Fsp3) is 0.318. The molecule has 156 valence electrons. The first-order valence-electron chi connectivity index (χ1n) is 10.1. The van der Waals surface area contributed by atoms with Gasteiger partial charge in [0, 0.05) is 41.6 Å². The second kappa shape index (κ2) is 8.81. The molecule has 5 N–H and O–H groups in total. The Labute approximate surface area is 180 Å². The lowest BCUT2D eigenvalue weighted by atomic mass is 9.96. The summed E-state index contributed by atoms with van der Waals surface area (Å²) in [6.07, 6.45) is 3.85. The van der Waals surface area contributed by atoms with Crippen LogP contribution >= 0.6 is 11.3 Å². The van der Waals surface area contributed by atoms with Crippen LogP contribution in [0.25, 0.3) is 10.6 Å². The summed E-state index contributed by atoms with van der Waals surface area (Å²) >= 11 is 1.43. The Balaban J connectivity index is 1.54. The van der Waals surface area contributed by atoms with Crippen molar-refractivity contribution in [2.45, 2.75) is 19.8 Å². The van der Waals surface area contributed by atoms with E-state index in [1.807, 2.05) is 31.2 Å². The molecule has 1 aliphatic rings. The van der Waals surface area contributed by atoms with Gasteiger partial charge in [-0.25, -0.2) is 4.98 Å². The maximum Gasteiger partial charge on any atom is 0.275 e. The highest BCUT2D eigenvalue weighted by Gasteiger charge is 2.22. The van der Waals surface area contributed by atoms with E-state index in [9.17, 15) is 4.79 Å². The van der Waals surface area contributed by atoms with Crippen molar-refractivity contribution in [2.24, 2.45) is 11.7 Å². The third-order valence-electron chi connectivity index (χ3n) is 5.53. The number of hydrogen-bond donors (Lipinski definition) is 3. The Morgan fingerprint density at radius 2 is 2.10 bits per heavy atom. The number of pyridine rings is 1. The second-order valence-corrected chi connectivity index (χ2v) is 8.43. The van der Waals surface area contributed by atoms with Gasteiger partial charge in [0.15, 0.2) is 0 Å². The molecule has 1 fully saturated rings. The lowest BCUT2D eigenvalue weighted by Crippen LogP contribution is -2.36. The Hall–Kier alpha value is -2.97. The van der Waals surface area contributed by atoms with E-state index >= 15 is 0 Å². The van der Waals surface area contributed by atoms with Gasteiger partial charge in [-0.05, 0) is 62.6 Å². The highest BCUT2D eigenvalue weighted by Crippen LogP contribution is 2.32. The van der Waals surface area contributed by atoms with Gasteiger partial charge in [0.25, 0.3) is 5.91 Å². The average Bonchev–Trinajstić information content (AvgIpc) is 3.25. The molecule has 3 heterocycles. The van der Waals surface area contributed by atoms with Crippen LogP contribution in [0.3, 0.4) is 0 Å². The summed E-state index contributed by atoms with van der Waals surface area (Å²) in [6.45, 7) is 4.48. The van der Waals surface area contributed by atoms with Crippen LogP contribution in [0, 0.1) is 12.8 Å². The zero-order chi connectivity index (χ0) is 21.1. The van der Waals surface area contributed by atoms with Gasteiger partial charge in [-0.15, -0.1) is 11.3 Å². The number of nitrogens with one attached hydrogen (secondary N) is 1. The van der Waals surface area contributed by atoms with Crippen LogP contribution < -0.4 is 21.7 Å². The third-order valence-corrected chi connectivity index (χ3v) is 6.41. The minimum Gasteiger partial charge on any atom is -0.399 e. The van der Waals surface area contributed by atoms with Crippen molar-refractivity contribution in [1.82, 2.24) is 9.97 Å². The minimum absolute atomic E-state index is 0.247. The summed E-state index contributed by atoms with van der Waals surface area (Å²) in [7, 11) is 0. The molecule has 0 saturated carbocycles. The number of carbonyl (C=O) groups excluding carboxylic acids is 1. The number of nitrogen functional groups attached to an aromatic ring is 1. The summed E-state index contributed by atoms with van der Waals surface area (Å²) in [5, 5.41) is 5.57. The van der Waals surface area contributed by atoms with Gasteiger partial charge in [-0.1, -0.05) is 0 Å². The van der Waals surface area contributed by atoms with Crippen molar-refractivity contribution in [3.63, 3.8) is 0 Å². The second-order valence-electron chi connectivity index (χ2n) is 7.57. The largest absolute Gasteiger partial charge is 0.399 e. The normalized spacial score (nSPS) is 14.7. The molecule has 1 aliphatic heterocycles. The number of rotatable bonds is 5. The monoisotopic (exact) mass is 422 g/mol. The highest BCUT2D eigenvalue weighted by atomic mass is 32.1. The molecule has 3 aromatic rings. The van der Waals surface area contributed by atoms with Crippen molar-refractivity contribution < 1.29 is 4.79 Å². The Morgan fingerprint density at radius 3 is 2.83 bits per heavy atom. The maximum absolute atomic E-state index is 12.9. The van der Waals surface area contributed by atoms with Gasteiger partial charge in [-0.2, -0.15) is 0 Å². The van der Waals surface area contributed by atoms with Gasteiger partial charge in [0.1, 0.15) is 10.7 Å². The molecule has 0 aliphatic carbocycles. The molecule has 0 radical (unpaired) electrons. The SMILES string of the molecule is Cc1ncccc1-c1nc(C(=O)Nc2cc(N)ccc2N2CCC(CN)CC2)cs1. The number of aromatic nitrogens is 2. The molecular weight excluding hydrogens is 396 g/mol. The van der Waals surface area contributed by atoms with Gasteiger partial charge in [-0.3, -0.25) is 9.78 Å². The van der Waals surface area contributed by atoms with Crippen molar-refractivity contribution in [3.05, 3.63) is 53.3 Å².